The fourth-order valence-electron chi connectivity index (χ4n) is 0. The number of halogens is 2. The van der Waals surface area contributed by atoms with Crippen molar-refractivity contribution >= 4 is 29.4 Å². The molecule has 0 amide bonds. The fourth-order valence-corrected chi connectivity index (χ4v) is 0. The monoisotopic (exact) mass is 210 g/mol. The van der Waals surface area contributed by atoms with Crippen LogP contribution in [0.15, 0.2) is 0 Å². The molecule has 0 bridgehead atoms. The average Bonchev–Trinajstić information content (AvgIpc) is 1.00. The maximum atomic E-state index is 4.50. The smallest absolute Gasteiger partial charge is 0 e. The summed E-state index contributed by atoms with van der Waals surface area (Å²) in [5.41, 5.74) is 4.50. The van der Waals surface area contributed by atoms with E-state index in [1.165, 1.54) is 7.05 Å². The van der Waals surface area contributed by atoms with Crippen molar-refractivity contribution in [2.24, 2.45) is 5.73 Å². The van der Waals surface area contributed by atoms with E-state index in [1.54, 1.807) is 0 Å². The second-order valence-electron chi connectivity index (χ2n) is 0. The normalized spacial score (nSPS) is 1.20. The van der Waals surface area contributed by atoms with E-state index >= 15 is 0 Å². The Kier molecular flexibility index (Phi) is 413. The van der Waals surface area contributed by atoms with Gasteiger partial charge in [-0.15, -0.1) is 29.4 Å². The largest absolute Gasteiger partial charge is 0.333 e. The molecule has 0 aliphatic rings. The molecule has 0 aromatic rings. The van der Waals surface area contributed by atoms with E-state index in [2.05, 4.69) is 5.73 Å². The summed E-state index contributed by atoms with van der Waals surface area (Å²) in [4.78, 5) is 0. The first-order valence-electron chi connectivity index (χ1n) is 0.577. The van der Waals surface area contributed by atoms with Gasteiger partial charge < -0.3 is 5.73 Å². The first-order valence-corrected chi connectivity index (χ1v) is 0.577. The molecular weight excluding hydrogens is 205 g/mol. The zero-order valence-electron chi connectivity index (χ0n) is 2.70. The van der Waals surface area contributed by atoms with Gasteiger partial charge in [-0.3, -0.25) is 0 Å². The van der Waals surface area contributed by atoms with Crippen LogP contribution in [-0.4, -0.2) is 7.05 Å². The molecular formula is CH7BrClCuN. The van der Waals surface area contributed by atoms with Gasteiger partial charge in [0.15, 0.2) is 0 Å². The quantitative estimate of drug-likeness (QED) is 0.583. The summed E-state index contributed by atoms with van der Waals surface area (Å²) in [6.07, 6.45) is 0. The molecule has 0 aromatic carbocycles. The van der Waals surface area contributed by atoms with Crippen LogP contribution in [-0.2, 0) is 17.1 Å². The summed E-state index contributed by atoms with van der Waals surface area (Å²) in [5.74, 6) is 0. The third-order valence-corrected chi connectivity index (χ3v) is 0. The van der Waals surface area contributed by atoms with Crippen molar-refractivity contribution in [3.05, 3.63) is 0 Å². The van der Waals surface area contributed by atoms with Crippen LogP contribution >= 0.6 is 29.4 Å². The summed E-state index contributed by atoms with van der Waals surface area (Å²) in [6, 6.07) is 0. The molecule has 0 atom stereocenters. The molecule has 0 saturated carbocycles. The molecule has 0 saturated heterocycles. The second kappa shape index (κ2) is 60.7. The predicted molar refractivity (Wildman–Crippen MR) is 27.7 cm³/mol. The van der Waals surface area contributed by atoms with E-state index in [0.29, 0.717) is 0 Å². The zero-order valence-corrected chi connectivity index (χ0v) is 6.17. The van der Waals surface area contributed by atoms with E-state index < -0.39 is 0 Å². The SMILES string of the molecule is Br.CN.Cl.[Cu]. The van der Waals surface area contributed by atoms with Crippen molar-refractivity contribution in [1.29, 1.82) is 0 Å². The standard InChI is InChI=1S/CH5N.BrH.ClH.Cu/c1-2;;;/h2H2,1H3;2*1H;. The van der Waals surface area contributed by atoms with Crippen LogP contribution in [0, 0.1) is 0 Å². The summed E-state index contributed by atoms with van der Waals surface area (Å²) < 4.78 is 0. The molecule has 0 spiro atoms. The van der Waals surface area contributed by atoms with Crippen LogP contribution in [0.25, 0.3) is 0 Å². The minimum Gasteiger partial charge on any atom is -0.333 e. The van der Waals surface area contributed by atoms with Gasteiger partial charge in [0.1, 0.15) is 0 Å². The minimum absolute atomic E-state index is 0. The second-order valence-corrected chi connectivity index (χ2v) is 0. The molecule has 2 N–H and O–H groups in total. The van der Waals surface area contributed by atoms with E-state index in [0.717, 1.165) is 0 Å². The van der Waals surface area contributed by atoms with Gasteiger partial charge in [-0.25, -0.2) is 0 Å². The number of hydrogen-bond acceptors (Lipinski definition) is 1. The Morgan fingerprint density at radius 2 is 1.20 bits per heavy atom. The Labute approximate surface area is 59.3 Å². The van der Waals surface area contributed by atoms with Gasteiger partial charge in [0.25, 0.3) is 0 Å². The van der Waals surface area contributed by atoms with Crippen LogP contribution in [0.2, 0.25) is 0 Å². The summed E-state index contributed by atoms with van der Waals surface area (Å²) in [6.45, 7) is 0. The minimum atomic E-state index is 0. The predicted octanol–water partition coefficient (Wildman–Crippen LogP) is 0.572. The fraction of sp³-hybridized carbons (Fsp3) is 1.00. The Morgan fingerprint density at radius 1 is 1.20 bits per heavy atom. The molecule has 0 aliphatic carbocycles. The molecule has 0 fully saturated rings. The molecule has 4 heteroatoms. The van der Waals surface area contributed by atoms with E-state index in [1.807, 2.05) is 0 Å². The zero-order chi connectivity index (χ0) is 2.00. The maximum Gasteiger partial charge on any atom is 0 e. The van der Waals surface area contributed by atoms with Crippen molar-refractivity contribution in [1.82, 2.24) is 0 Å². The molecule has 0 unspecified atom stereocenters. The van der Waals surface area contributed by atoms with Gasteiger partial charge in [0.05, 0.1) is 0 Å². The van der Waals surface area contributed by atoms with Gasteiger partial charge in [-0.1, -0.05) is 0 Å². The number of hydrogen-bond donors (Lipinski definition) is 1. The van der Waals surface area contributed by atoms with Crippen LogP contribution < -0.4 is 5.73 Å². The van der Waals surface area contributed by atoms with Gasteiger partial charge in [0.2, 0.25) is 0 Å². The summed E-state index contributed by atoms with van der Waals surface area (Å²) in [7, 11) is 1.50. The molecule has 41 valence electrons. The molecule has 0 heterocycles. The van der Waals surface area contributed by atoms with Gasteiger partial charge in [0, 0.05) is 17.1 Å². The van der Waals surface area contributed by atoms with Gasteiger partial charge in [-0.05, 0) is 7.05 Å². The van der Waals surface area contributed by atoms with Gasteiger partial charge >= 0.3 is 0 Å². The Bertz CT molecular complexity index is 11.6. The Morgan fingerprint density at radius 3 is 1.20 bits per heavy atom. The summed E-state index contributed by atoms with van der Waals surface area (Å²) >= 11 is 0. The van der Waals surface area contributed by atoms with E-state index in [-0.39, 0.29) is 46.5 Å². The van der Waals surface area contributed by atoms with Crippen molar-refractivity contribution in [3.8, 4) is 0 Å². The van der Waals surface area contributed by atoms with Crippen molar-refractivity contribution in [2.45, 2.75) is 0 Å². The Hall–Kier alpha value is 1.25. The molecule has 5 heavy (non-hydrogen) atoms. The third-order valence-electron chi connectivity index (χ3n) is 0. The van der Waals surface area contributed by atoms with Crippen LogP contribution in [0.4, 0.5) is 0 Å². The molecule has 1 radical (unpaired) electrons. The van der Waals surface area contributed by atoms with E-state index in [4.69, 9.17) is 0 Å². The molecule has 0 aliphatic heterocycles. The van der Waals surface area contributed by atoms with Crippen molar-refractivity contribution in [3.63, 3.8) is 0 Å². The third kappa shape index (κ3) is 35.5. The first-order chi connectivity index (χ1) is 1.00. The van der Waals surface area contributed by atoms with Crippen molar-refractivity contribution in [2.75, 3.05) is 7.05 Å². The topological polar surface area (TPSA) is 26.0 Å². The molecule has 0 aromatic heterocycles. The maximum absolute atomic E-state index is 4.50. The van der Waals surface area contributed by atoms with Crippen LogP contribution in [0.3, 0.4) is 0 Å². The number of nitrogens with two attached hydrogens (primary N) is 1. The molecule has 0 rings (SSSR count). The molecule has 1 nitrogen and oxygen atoms in total. The van der Waals surface area contributed by atoms with Crippen molar-refractivity contribution < 1.29 is 17.1 Å². The number of rotatable bonds is 0. The summed E-state index contributed by atoms with van der Waals surface area (Å²) in [5, 5.41) is 0. The van der Waals surface area contributed by atoms with Crippen LogP contribution in [0.1, 0.15) is 0 Å². The van der Waals surface area contributed by atoms with Crippen LogP contribution in [0.5, 0.6) is 0 Å². The van der Waals surface area contributed by atoms with Gasteiger partial charge in [-0.2, -0.15) is 0 Å². The average molecular weight is 212 g/mol. The van der Waals surface area contributed by atoms with E-state index in [9.17, 15) is 0 Å². The first kappa shape index (κ1) is 34.0. The Balaban J connectivity index is -0.00000000167.